The number of aliphatic hydroxyl groups is 1. The molecule has 0 saturated carbocycles. The summed E-state index contributed by atoms with van der Waals surface area (Å²) in [4.78, 5) is 22.2. The Kier molecular flexibility index (Phi) is 11.4. The van der Waals surface area contributed by atoms with E-state index >= 15 is 0 Å². The zero-order valence-corrected chi connectivity index (χ0v) is 27.0. The molecule has 4 rings (SSSR count). The molecule has 1 aliphatic heterocycles. The van der Waals surface area contributed by atoms with Crippen molar-refractivity contribution in [2.24, 2.45) is 15.5 Å². The van der Waals surface area contributed by atoms with Crippen molar-refractivity contribution in [3.8, 4) is 5.75 Å². The molecular weight excluding hydrogens is 608 g/mol. The van der Waals surface area contributed by atoms with E-state index in [4.69, 9.17) is 19.6 Å². The summed E-state index contributed by atoms with van der Waals surface area (Å²) in [6, 6.07) is 21.6. The summed E-state index contributed by atoms with van der Waals surface area (Å²) >= 11 is 0. The van der Waals surface area contributed by atoms with Crippen LogP contribution in [0.25, 0.3) is 10.4 Å². The van der Waals surface area contributed by atoms with Crippen LogP contribution in [0.4, 0.5) is 5.69 Å². The number of sulfone groups is 1. The van der Waals surface area contributed by atoms with Crippen molar-refractivity contribution in [1.29, 1.82) is 0 Å². The number of rotatable bonds is 15. The molecule has 0 aromatic heterocycles. The van der Waals surface area contributed by atoms with Crippen molar-refractivity contribution in [1.82, 2.24) is 10.9 Å². The number of amides is 1. The third-order valence-electron chi connectivity index (χ3n) is 7.46. The molecule has 1 aliphatic rings. The van der Waals surface area contributed by atoms with E-state index in [1.807, 2.05) is 0 Å². The van der Waals surface area contributed by atoms with Gasteiger partial charge in [0.25, 0.3) is 5.91 Å². The number of hydrogen-bond donors (Lipinski definition) is 3. The molecular formula is C33H40N6O6S. The van der Waals surface area contributed by atoms with Gasteiger partial charge in [-0.3, -0.25) is 10.2 Å². The lowest BCUT2D eigenvalue weighted by atomic mass is 9.84. The maximum atomic E-state index is 14.3. The van der Waals surface area contributed by atoms with Crippen LogP contribution >= 0.6 is 0 Å². The van der Waals surface area contributed by atoms with Gasteiger partial charge in [-0.25, -0.2) is 18.8 Å². The Morgan fingerprint density at radius 3 is 2.46 bits per heavy atom. The molecule has 0 fully saturated rings. The van der Waals surface area contributed by atoms with Crippen LogP contribution in [0.3, 0.4) is 0 Å². The molecule has 0 bridgehead atoms. The second-order valence-corrected chi connectivity index (χ2v) is 14.2. The maximum Gasteiger partial charge on any atom is 0.266 e. The molecule has 0 aliphatic carbocycles. The van der Waals surface area contributed by atoms with E-state index in [-0.39, 0.29) is 34.9 Å². The average Bonchev–Trinajstić information content (AvgIpc) is 3.44. The van der Waals surface area contributed by atoms with Gasteiger partial charge in [0, 0.05) is 47.7 Å². The standard InChI is InChI=1S/C33H40N6O6S/c1-32(2,3)18-20-35-38-31(41)33(19-23-46(42,43)26-10-5-4-6-11-26)29(27-12-7-8-13-28(27)37-39-34)45-30(36-33)24-14-16-25(17-15-24)44-22-9-21-40/h4-8,10-17,29,35,40H,9,18-23H2,1-3H3,(H,38,41)/t29-,33-/m0/s1. The number of ether oxygens (including phenoxy) is 2. The van der Waals surface area contributed by atoms with Gasteiger partial charge in [-0.1, -0.05) is 68.4 Å². The fourth-order valence-electron chi connectivity index (χ4n) is 4.92. The first-order valence-corrected chi connectivity index (χ1v) is 16.7. The number of azide groups is 1. The highest BCUT2D eigenvalue weighted by molar-refractivity contribution is 7.91. The first-order valence-electron chi connectivity index (χ1n) is 15.0. The molecule has 2 atom stereocenters. The number of hydrazine groups is 1. The fraction of sp³-hybridized carbons (Fsp3) is 0.394. The predicted molar refractivity (Wildman–Crippen MR) is 175 cm³/mol. The highest BCUT2D eigenvalue weighted by atomic mass is 32.2. The number of aliphatic hydroxyl groups excluding tert-OH is 1. The second kappa shape index (κ2) is 15.2. The summed E-state index contributed by atoms with van der Waals surface area (Å²) in [6.45, 7) is 7.06. The molecule has 0 spiro atoms. The van der Waals surface area contributed by atoms with Crippen LogP contribution in [0.2, 0.25) is 0 Å². The van der Waals surface area contributed by atoms with Crippen LogP contribution in [0.5, 0.6) is 5.75 Å². The van der Waals surface area contributed by atoms with Gasteiger partial charge < -0.3 is 14.6 Å². The molecule has 1 amide bonds. The molecule has 12 nitrogen and oxygen atoms in total. The normalized spacial score (nSPS) is 17.8. The smallest absolute Gasteiger partial charge is 0.266 e. The van der Waals surface area contributed by atoms with Gasteiger partial charge in [-0.2, -0.15) is 0 Å². The molecule has 1 heterocycles. The van der Waals surface area contributed by atoms with Gasteiger partial charge in [-0.05, 0) is 53.8 Å². The lowest BCUT2D eigenvalue weighted by Gasteiger charge is -2.31. The molecule has 0 unspecified atom stereocenters. The Hall–Kier alpha value is -4.42. The van der Waals surface area contributed by atoms with E-state index in [0.29, 0.717) is 36.4 Å². The molecule has 0 radical (unpaired) electrons. The summed E-state index contributed by atoms with van der Waals surface area (Å²) in [5.41, 5.74) is 14.4. The Bertz CT molecular complexity index is 1670. The minimum Gasteiger partial charge on any atom is -0.494 e. The van der Waals surface area contributed by atoms with Crippen LogP contribution in [0, 0.1) is 5.41 Å². The van der Waals surface area contributed by atoms with Crippen molar-refractivity contribution >= 4 is 27.3 Å². The van der Waals surface area contributed by atoms with Gasteiger partial charge in [0.15, 0.2) is 21.5 Å². The first-order chi connectivity index (χ1) is 22.0. The van der Waals surface area contributed by atoms with Gasteiger partial charge in [0.1, 0.15) is 5.75 Å². The van der Waals surface area contributed by atoms with E-state index in [9.17, 15) is 18.7 Å². The van der Waals surface area contributed by atoms with E-state index in [1.54, 1.807) is 66.7 Å². The second-order valence-electron chi connectivity index (χ2n) is 12.1. The van der Waals surface area contributed by atoms with Crippen LogP contribution in [0.1, 0.15) is 57.3 Å². The average molecular weight is 649 g/mol. The lowest BCUT2D eigenvalue weighted by Crippen LogP contribution is -2.53. The van der Waals surface area contributed by atoms with E-state index < -0.39 is 33.1 Å². The molecule has 0 saturated heterocycles. The monoisotopic (exact) mass is 648 g/mol. The zero-order chi connectivity index (χ0) is 33.2. The quantitative estimate of drug-likeness (QED) is 0.0635. The van der Waals surface area contributed by atoms with Gasteiger partial charge >= 0.3 is 0 Å². The molecule has 3 aromatic rings. The fourth-order valence-corrected chi connectivity index (χ4v) is 6.31. The molecule has 3 N–H and O–H groups in total. The van der Waals surface area contributed by atoms with Crippen molar-refractivity contribution in [2.75, 3.05) is 25.5 Å². The summed E-state index contributed by atoms with van der Waals surface area (Å²) in [6.07, 6.45) is -0.140. The number of benzene rings is 3. The zero-order valence-electron chi connectivity index (χ0n) is 26.2. The van der Waals surface area contributed by atoms with Crippen molar-refractivity contribution in [2.45, 2.75) is 56.6 Å². The Morgan fingerprint density at radius 1 is 1.09 bits per heavy atom. The van der Waals surface area contributed by atoms with Crippen LogP contribution in [0.15, 0.2) is 93.9 Å². The number of carbonyl (C=O) groups is 1. The SMILES string of the molecule is CC(C)(C)CCNNC(=O)[C@@]1(CCS(=O)(=O)c2ccccc2)N=C(c2ccc(OCCCO)cc2)O[C@H]1c1ccccc1N=[N+]=[N-]. The van der Waals surface area contributed by atoms with Gasteiger partial charge in [-0.15, -0.1) is 0 Å². The third kappa shape index (κ3) is 8.64. The van der Waals surface area contributed by atoms with Crippen molar-refractivity contribution in [3.05, 3.63) is 100 Å². The van der Waals surface area contributed by atoms with Crippen molar-refractivity contribution in [3.63, 3.8) is 0 Å². The Morgan fingerprint density at radius 2 is 1.78 bits per heavy atom. The number of aliphatic imine (C=N–C) groups is 1. The lowest BCUT2D eigenvalue weighted by molar-refractivity contribution is -0.130. The molecule has 13 heteroatoms. The molecule has 244 valence electrons. The van der Waals surface area contributed by atoms with E-state index in [2.05, 4.69) is 41.6 Å². The number of nitrogens with one attached hydrogen (secondary N) is 2. The Balaban J connectivity index is 1.79. The van der Waals surface area contributed by atoms with Gasteiger partial charge in [0.2, 0.25) is 5.90 Å². The summed E-state index contributed by atoms with van der Waals surface area (Å²) in [5.74, 6) is -0.319. The molecule has 46 heavy (non-hydrogen) atoms. The number of nitrogens with zero attached hydrogens (tertiary/aromatic N) is 4. The summed E-state index contributed by atoms with van der Waals surface area (Å²) in [5, 5.41) is 12.9. The topological polar surface area (TPSA) is 175 Å². The summed E-state index contributed by atoms with van der Waals surface area (Å²) < 4.78 is 39.1. The number of hydrogen-bond acceptors (Lipinski definition) is 9. The maximum absolute atomic E-state index is 14.3. The number of carbonyl (C=O) groups excluding carboxylic acids is 1. The minimum absolute atomic E-state index is 0.00567. The Labute approximate surface area is 269 Å². The largest absolute Gasteiger partial charge is 0.494 e. The van der Waals surface area contributed by atoms with Crippen LogP contribution in [-0.2, 0) is 19.4 Å². The highest BCUT2D eigenvalue weighted by Crippen LogP contribution is 2.45. The van der Waals surface area contributed by atoms with Gasteiger partial charge in [0.05, 0.1) is 17.3 Å². The minimum atomic E-state index is -3.83. The first kappa shape index (κ1) is 34.5. The third-order valence-corrected chi connectivity index (χ3v) is 9.19. The molecule has 3 aromatic carbocycles. The van der Waals surface area contributed by atoms with E-state index in [1.165, 1.54) is 12.1 Å². The van der Waals surface area contributed by atoms with E-state index in [0.717, 1.165) is 6.42 Å². The van der Waals surface area contributed by atoms with Crippen LogP contribution in [-0.4, -0.2) is 56.4 Å². The van der Waals surface area contributed by atoms with Crippen molar-refractivity contribution < 1.29 is 27.8 Å². The summed E-state index contributed by atoms with van der Waals surface area (Å²) in [7, 11) is -3.83. The highest BCUT2D eigenvalue weighted by Gasteiger charge is 2.54. The van der Waals surface area contributed by atoms with Crippen LogP contribution < -0.4 is 15.6 Å². The predicted octanol–water partition coefficient (Wildman–Crippen LogP) is 5.57.